The topological polar surface area (TPSA) is 9.23 Å². The van der Waals surface area contributed by atoms with Gasteiger partial charge in [0.15, 0.2) is 0 Å². The quantitative estimate of drug-likeness (QED) is 0.564. The Labute approximate surface area is 150 Å². The van der Waals surface area contributed by atoms with Crippen molar-refractivity contribution in [3.05, 3.63) is 65.2 Å². The zero-order valence-electron chi connectivity index (χ0n) is 15.0. The van der Waals surface area contributed by atoms with E-state index in [1.165, 1.54) is 32.7 Å². The van der Waals surface area contributed by atoms with E-state index >= 15 is 0 Å². The Morgan fingerprint density at radius 1 is 0.958 bits per heavy atom. The summed E-state index contributed by atoms with van der Waals surface area (Å²) in [6, 6.07) is 17.6. The molecule has 1 aliphatic rings. The molecule has 2 aromatic rings. The van der Waals surface area contributed by atoms with Crippen molar-refractivity contribution in [2.75, 3.05) is 6.61 Å². The highest BCUT2D eigenvalue weighted by molar-refractivity contribution is 7.99. The van der Waals surface area contributed by atoms with Crippen LogP contribution in [0.3, 0.4) is 0 Å². The standard InChI is InChI=1S/C22H26OS/c1-15(2)23-14-17(4)16(3)13-22-20-11-6-5-9-18(20)19-10-7-8-12-21(19)24-22/h5-12,15,22H,13-14H2,1-4H3/b17-16-. The van der Waals surface area contributed by atoms with Gasteiger partial charge < -0.3 is 4.74 Å². The lowest BCUT2D eigenvalue weighted by Crippen LogP contribution is -2.08. The van der Waals surface area contributed by atoms with Crippen LogP contribution < -0.4 is 0 Å². The van der Waals surface area contributed by atoms with E-state index in [1.807, 2.05) is 11.8 Å². The maximum absolute atomic E-state index is 5.77. The molecule has 1 atom stereocenters. The number of hydrogen-bond acceptors (Lipinski definition) is 2. The van der Waals surface area contributed by atoms with Crippen LogP contribution in [-0.4, -0.2) is 12.7 Å². The smallest absolute Gasteiger partial charge is 0.0680 e. The van der Waals surface area contributed by atoms with Gasteiger partial charge in [-0.25, -0.2) is 0 Å². The highest BCUT2D eigenvalue weighted by Crippen LogP contribution is 2.51. The van der Waals surface area contributed by atoms with Crippen molar-refractivity contribution in [2.24, 2.45) is 0 Å². The normalized spacial score (nSPS) is 17.3. The molecule has 3 rings (SSSR count). The highest BCUT2D eigenvalue weighted by Gasteiger charge is 2.25. The first kappa shape index (κ1) is 17.3. The van der Waals surface area contributed by atoms with Crippen molar-refractivity contribution in [3.63, 3.8) is 0 Å². The predicted octanol–water partition coefficient (Wildman–Crippen LogP) is 6.65. The number of fused-ring (bicyclic) bond motifs is 3. The summed E-state index contributed by atoms with van der Waals surface area (Å²) in [5.41, 5.74) is 7.03. The summed E-state index contributed by atoms with van der Waals surface area (Å²) in [6.07, 6.45) is 1.35. The zero-order chi connectivity index (χ0) is 17.1. The van der Waals surface area contributed by atoms with Gasteiger partial charge in [-0.05, 0) is 62.4 Å². The fourth-order valence-corrected chi connectivity index (χ4v) is 4.48. The molecule has 1 nitrogen and oxygen atoms in total. The van der Waals surface area contributed by atoms with E-state index < -0.39 is 0 Å². The number of thioether (sulfide) groups is 1. The van der Waals surface area contributed by atoms with Crippen LogP contribution in [0.2, 0.25) is 0 Å². The Balaban J connectivity index is 1.86. The summed E-state index contributed by atoms with van der Waals surface area (Å²) in [5.74, 6) is 0. The number of allylic oxidation sites excluding steroid dienone is 1. The Hall–Kier alpha value is -1.51. The summed E-state index contributed by atoms with van der Waals surface area (Å²) in [6.45, 7) is 9.37. The van der Waals surface area contributed by atoms with Gasteiger partial charge in [0.25, 0.3) is 0 Å². The monoisotopic (exact) mass is 338 g/mol. The molecule has 0 aliphatic carbocycles. The summed E-state index contributed by atoms with van der Waals surface area (Å²) in [7, 11) is 0. The molecule has 0 N–H and O–H groups in total. The van der Waals surface area contributed by atoms with Gasteiger partial charge in [-0.1, -0.05) is 48.0 Å². The fourth-order valence-electron chi connectivity index (χ4n) is 3.05. The van der Waals surface area contributed by atoms with Crippen LogP contribution in [0.15, 0.2) is 64.6 Å². The second-order valence-corrected chi connectivity index (χ2v) is 8.06. The molecule has 2 heteroatoms. The lowest BCUT2D eigenvalue weighted by Gasteiger charge is -2.28. The van der Waals surface area contributed by atoms with Crippen molar-refractivity contribution in [2.45, 2.75) is 50.4 Å². The third-order valence-corrected chi connectivity index (χ3v) is 5.92. The van der Waals surface area contributed by atoms with E-state index in [9.17, 15) is 0 Å². The Kier molecular flexibility index (Phi) is 5.47. The van der Waals surface area contributed by atoms with Crippen molar-refractivity contribution in [1.29, 1.82) is 0 Å². The second-order valence-electron chi connectivity index (χ2n) is 6.81. The van der Waals surface area contributed by atoms with Crippen LogP contribution in [0.5, 0.6) is 0 Å². The molecule has 0 bridgehead atoms. The van der Waals surface area contributed by atoms with Gasteiger partial charge in [0.05, 0.1) is 12.7 Å². The van der Waals surface area contributed by atoms with Gasteiger partial charge in [-0.3, -0.25) is 0 Å². The molecule has 24 heavy (non-hydrogen) atoms. The highest BCUT2D eigenvalue weighted by atomic mass is 32.2. The maximum atomic E-state index is 5.77. The van der Waals surface area contributed by atoms with Crippen molar-refractivity contribution in [3.8, 4) is 11.1 Å². The fraction of sp³-hybridized carbons (Fsp3) is 0.364. The van der Waals surface area contributed by atoms with Crippen molar-refractivity contribution in [1.82, 2.24) is 0 Å². The van der Waals surface area contributed by atoms with Crippen LogP contribution >= 0.6 is 11.8 Å². The van der Waals surface area contributed by atoms with Gasteiger partial charge >= 0.3 is 0 Å². The number of ether oxygens (including phenoxy) is 1. The van der Waals surface area contributed by atoms with E-state index in [4.69, 9.17) is 4.74 Å². The molecular weight excluding hydrogens is 312 g/mol. The van der Waals surface area contributed by atoms with Crippen LogP contribution in [0.4, 0.5) is 0 Å². The molecule has 0 spiro atoms. The molecule has 1 aliphatic heterocycles. The SMILES string of the molecule is C/C(COC(C)C)=C(\C)CC1Sc2ccccc2-c2ccccc21. The summed E-state index contributed by atoms with van der Waals surface area (Å²) in [5, 5.41) is 0.477. The van der Waals surface area contributed by atoms with Gasteiger partial charge in [0, 0.05) is 10.1 Å². The van der Waals surface area contributed by atoms with Gasteiger partial charge in [-0.15, -0.1) is 11.8 Å². The largest absolute Gasteiger partial charge is 0.374 e. The molecule has 1 unspecified atom stereocenters. The number of benzene rings is 2. The minimum atomic E-state index is 0.282. The Morgan fingerprint density at radius 3 is 2.38 bits per heavy atom. The van der Waals surface area contributed by atoms with Crippen LogP contribution in [-0.2, 0) is 4.74 Å². The average Bonchev–Trinajstić information content (AvgIpc) is 2.59. The average molecular weight is 339 g/mol. The third kappa shape index (κ3) is 3.76. The van der Waals surface area contributed by atoms with Crippen molar-refractivity contribution >= 4 is 11.8 Å². The zero-order valence-corrected chi connectivity index (χ0v) is 15.8. The maximum Gasteiger partial charge on any atom is 0.0680 e. The third-order valence-electron chi connectivity index (χ3n) is 4.61. The van der Waals surface area contributed by atoms with Gasteiger partial charge in [0.1, 0.15) is 0 Å². The molecule has 0 saturated heterocycles. The van der Waals surface area contributed by atoms with Crippen LogP contribution in [0.25, 0.3) is 11.1 Å². The first-order valence-electron chi connectivity index (χ1n) is 8.68. The van der Waals surface area contributed by atoms with E-state index in [0.717, 1.165) is 13.0 Å². The summed E-state index contributed by atoms with van der Waals surface area (Å²) < 4.78 is 5.77. The molecule has 126 valence electrons. The molecule has 0 fully saturated rings. The Bertz CT molecular complexity index is 745. The summed E-state index contributed by atoms with van der Waals surface area (Å²) >= 11 is 1.99. The Morgan fingerprint density at radius 2 is 1.62 bits per heavy atom. The van der Waals surface area contributed by atoms with E-state index in [-0.39, 0.29) is 6.10 Å². The molecule has 0 aromatic heterocycles. The summed E-state index contributed by atoms with van der Waals surface area (Å²) in [4.78, 5) is 1.39. The van der Waals surface area contributed by atoms with Gasteiger partial charge in [-0.2, -0.15) is 0 Å². The first-order chi connectivity index (χ1) is 11.6. The molecule has 0 radical (unpaired) electrons. The minimum absolute atomic E-state index is 0.282. The van der Waals surface area contributed by atoms with E-state index in [2.05, 4.69) is 76.2 Å². The van der Waals surface area contributed by atoms with Crippen molar-refractivity contribution < 1.29 is 4.74 Å². The van der Waals surface area contributed by atoms with Crippen LogP contribution in [0.1, 0.15) is 44.9 Å². The molecule has 0 saturated carbocycles. The molecule has 0 amide bonds. The molecule has 1 heterocycles. The number of rotatable bonds is 5. The first-order valence-corrected chi connectivity index (χ1v) is 9.56. The number of hydrogen-bond donors (Lipinski definition) is 0. The lowest BCUT2D eigenvalue weighted by molar-refractivity contribution is 0.0967. The minimum Gasteiger partial charge on any atom is -0.374 e. The second kappa shape index (κ2) is 7.58. The lowest BCUT2D eigenvalue weighted by atomic mass is 9.93. The van der Waals surface area contributed by atoms with E-state index in [0.29, 0.717) is 5.25 Å². The molecular formula is C22H26OS. The predicted molar refractivity (Wildman–Crippen MR) is 105 cm³/mol. The molecule has 2 aromatic carbocycles. The van der Waals surface area contributed by atoms with E-state index in [1.54, 1.807) is 0 Å². The van der Waals surface area contributed by atoms with Gasteiger partial charge in [0.2, 0.25) is 0 Å². The van der Waals surface area contributed by atoms with Crippen LogP contribution in [0, 0.1) is 0 Å².